The maximum Gasteiger partial charge on any atom is 0.161 e. The Labute approximate surface area is 144 Å². The third-order valence-electron chi connectivity index (χ3n) is 4.59. The quantitative estimate of drug-likeness (QED) is 0.793. The smallest absolute Gasteiger partial charge is 0.161 e. The van der Waals surface area contributed by atoms with Crippen molar-refractivity contribution in [2.24, 2.45) is 0 Å². The molecule has 0 radical (unpaired) electrons. The van der Waals surface area contributed by atoms with Gasteiger partial charge in [-0.15, -0.1) is 0 Å². The van der Waals surface area contributed by atoms with E-state index >= 15 is 0 Å². The average Bonchev–Trinajstić information content (AvgIpc) is 2.65. The molecule has 4 nitrogen and oxygen atoms in total. The van der Waals surface area contributed by atoms with Gasteiger partial charge in [-0.3, -0.25) is 4.90 Å². The number of nitrogens with zero attached hydrogens (tertiary/aromatic N) is 1. The molecule has 2 aromatic rings. The van der Waals surface area contributed by atoms with Crippen molar-refractivity contribution in [1.29, 1.82) is 0 Å². The van der Waals surface area contributed by atoms with Crippen LogP contribution in [0.4, 0.5) is 0 Å². The summed E-state index contributed by atoms with van der Waals surface area (Å²) in [4.78, 5) is 2.52. The highest BCUT2D eigenvalue weighted by Crippen LogP contribution is 2.27. The summed E-state index contributed by atoms with van der Waals surface area (Å²) in [6.07, 6.45) is 1.16. The second kappa shape index (κ2) is 8.18. The van der Waals surface area contributed by atoms with Crippen LogP contribution in [0.1, 0.15) is 16.7 Å². The molecular formula is C20H26N2O2. The van der Waals surface area contributed by atoms with Crippen LogP contribution in [0.3, 0.4) is 0 Å². The van der Waals surface area contributed by atoms with E-state index in [1.807, 2.05) is 12.1 Å². The molecule has 0 atom stereocenters. The Hall–Kier alpha value is -2.04. The lowest BCUT2D eigenvalue weighted by Gasteiger charge is -2.28. The van der Waals surface area contributed by atoms with Gasteiger partial charge in [0.05, 0.1) is 14.2 Å². The molecule has 0 fully saturated rings. The molecule has 0 saturated heterocycles. The third kappa shape index (κ3) is 4.08. The second-order valence-corrected chi connectivity index (χ2v) is 6.16. The van der Waals surface area contributed by atoms with Gasteiger partial charge in [0.2, 0.25) is 0 Å². The lowest BCUT2D eigenvalue weighted by atomic mass is 10.00. The fourth-order valence-electron chi connectivity index (χ4n) is 3.21. The Morgan fingerprint density at radius 3 is 2.58 bits per heavy atom. The van der Waals surface area contributed by atoms with Crippen molar-refractivity contribution in [2.45, 2.75) is 19.5 Å². The van der Waals surface area contributed by atoms with Gasteiger partial charge in [-0.1, -0.05) is 30.3 Å². The van der Waals surface area contributed by atoms with Gasteiger partial charge in [0.15, 0.2) is 11.5 Å². The molecule has 1 N–H and O–H groups in total. The zero-order valence-electron chi connectivity index (χ0n) is 14.5. The largest absolute Gasteiger partial charge is 0.493 e. The van der Waals surface area contributed by atoms with E-state index in [9.17, 15) is 0 Å². The van der Waals surface area contributed by atoms with Crippen LogP contribution >= 0.6 is 0 Å². The maximum absolute atomic E-state index is 5.35. The summed E-state index contributed by atoms with van der Waals surface area (Å²) < 4.78 is 10.6. The maximum atomic E-state index is 5.35. The van der Waals surface area contributed by atoms with Crippen LogP contribution in [0.2, 0.25) is 0 Å². The van der Waals surface area contributed by atoms with Crippen LogP contribution < -0.4 is 14.8 Å². The molecule has 1 aliphatic heterocycles. The number of fused-ring (bicyclic) bond motifs is 1. The standard InChI is InChI=1S/C20H26N2O2/c1-23-19-8-7-16(13-20(19)24-2)14-21-10-12-22-11-9-17-5-3-4-6-18(17)15-22/h3-8,13,21H,9-12,14-15H2,1-2H3. The number of nitrogens with one attached hydrogen (secondary N) is 1. The third-order valence-corrected chi connectivity index (χ3v) is 4.59. The van der Waals surface area contributed by atoms with Crippen molar-refractivity contribution in [3.8, 4) is 11.5 Å². The van der Waals surface area contributed by atoms with Gasteiger partial charge in [0, 0.05) is 32.7 Å². The minimum Gasteiger partial charge on any atom is -0.493 e. The first kappa shape index (κ1) is 16.8. The highest BCUT2D eigenvalue weighted by Gasteiger charge is 2.14. The van der Waals surface area contributed by atoms with Crippen LogP contribution in [0.15, 0.2) is 42.5 Å². The van der Waals surface area contributed by atoms with Crippen LogP contribution in [0, 0.1) is 0 Å². The van der Waals surface area contributed by atoms with Gasteiger partial charge in [-0.2, -0.15) is 0 Å². The van der Waals surface area contributed by atoms with Gasteiger partial charge in [-0.25, -0.2) is 0 Å². The summed E-state index contributed by atoms with van der Waals surface area (Å²) in [5.41, 5.74) is 4.19. The van der Waals surface area contributed by atoms with Crippen LogP contribution in [0.25, 0.3) is 0 Å². The summed E-state index contributed by atoms with van der Waals surface area (Å²) in [6.45, 7) is 5.10. The number of benzene rings is 2. The predicted octanol–water partition coefficient (Wildman–Crippen LogP) is 2.85. The van der Waals surface area contributed by atoms with E-state index in [4.69, 9.17) is 9.47 Å². The second-order valence-electron chi connectivity index (χ2n) is 6.16. The molecule has 0 aliphatic carbocycles. The van der Waals surface area contributed by atoms with Crippen LogP contribution in [0.5, 0.6) is 11.5 Å². The molecular weight excluding hydrogens is 300 g/mol. The molecule has 3 rings (SSSR count). The summed E-state index contributed by atoms with van der Waals surface area (Å²) >= 11 is 0. The van der Waals surface area contributed by atoms with Crippen molar-refractivity contribution >= 4 is 0 Å². The molecule has 24 heavy (non-hydrogen) atoms. The van der Waals surface area contributed by atoms with E-state index in [2.05, 4.69) is 40.5 Å². The molecule has 0 saturated carbocycles. The highest BCUT2D eigenvalue weighted by molar-refractivity contribution is 5.42. The number of hydrogen-bond acceptors (Lipinski definition) is 4. The van der Waals surface area contributed by atoms with E-state index in [1.54, 1.807) is 14.2 Å². The van der Waals surface area contributed by atoms with Crippen molar-refractivity contribution in [1.82, 2.24) is 10.2 Å². The van der Waals surface area contributed by atoms with Crippen molar-refractivity contribution in [3.63, 3.8) is 0 Å². The topological polar surface area (TPSA) is 33.7 Å². The van der Waals surface area contributed by atoms with Gasteiger partial charge in [0.25, 0.3) is 0 Å². The minimum absolute atomic E-state index is 0.772. The summed E-state index contributed by atoms with van der Waals surface area (Å²) in [6, 6.07) is 14.8. The number of hydrogen-bond donors (Lipinski definition) is 1. The average molecular weight is 326 g/mol. The van der Waals surface area contributed by atoms with Gasteiger partial charge >= 0.3 is 0 Å². The number of ether oxygens (including phenoxy) is 2. The molecule has 0 spiro atoms. The van der Waals surface area contributed by atoms with Crippen molar-refractivity contribution < 1.29 is 9.47 Å². The molecule has 1 heterocycles. The summed E-state index contributed by atoms with van der Waals surface area (Å²) in [5, 5.41) is 3.52. The molecule has 0 aromatic heterocycles. The van der Waals surface area contributed by atoms with Crippen molar-refractivity contribution in [2.75, 3.05) is 33.9 Å². The van der Waals surface area contributed by atoms with Crippen LogP contribution in [-0.4, -0.2) is 38.8 Å². The Balaban J connectivity index is 1.45. The first-order valence-corrected chi connectivity index (χ1v) is 8.51. The molecule has 128 valence electrons. The lowest BCUT2D eigenvalue weighted by molar-refractivity contribution is 0.254. The minimum atomic E-state index is 0.772. The highest BCUT2D eigenvalue weighted by atomic mass is 16.5. The zero-order chi connectivity index (χ0) is 16.8. The molecule has 0 unspecified atom stereocenters. The first-order chi connectivity index (χ1) is 11.8. The van der Waals surface area contributed by atoms with E-state index in [1.165, 1.54) is 16.7 Å². The lowest BCUT2D eigenvalue weighted by Crippen LogP contribution is -2.35. The number of rotatable bonds is 7. The van der Waals surface area contributed by atoms with E-state index < -0.39 is 0 Å². The molecule has 4 heteroatoms. The summed E-state index contributed by atoms with van der Waals surface area (Å²) in [7, 11) is 3.33. The first-order valence-electron chi connectivity index (χ1n) is 8.51. The fraction of sp³-hybridized carbons (Fsp3) is 0.400. The number of methoxy groups -OCH3 is 2. The molecule has 2 aromatic carbocycles. The van der Waals surface area contributed by atoms with Gasteiger partial charge in [-0.05, 0) is 35.2 Å². The Bertz CT molecular complexity index is 672. The van der Waals surface area contributed by atoms with E-state index in [0.717, 1.165) is 50.6 Å². The zero-order valence-corrected chi connectivity index (χ0v) is 14.5. The Morgan fingerprint density at radius 1 is 1.00 bits per heavy atom. The predicted molar refractivity (Wildman–Crippen MR) is 96.7 cm³/mol. The SMILES string of the molecule is COc1ccc(CNCCN2CCc3ccccc3C2)cc1OC. The Morgan fingerprint density at radius 2 is 1.79 bits per heavy atom. The summed E-state index contributed by atoms with van der Waals surface area (Å²) in [5.74, 6) is 1.55. The van der Waals surface area contributed by atoms with Gasteiger partial charge < -0.3 is 14.8 Å². The normalized spacial score (nSPS) is 14.2. The Kier molecular flexibility index (Phi) is 5.72. The van der Waals surface area contributed by atoms with E-state index in [-0.39, 0.29) is 0 Å². The van der Waals surface area contributed by atoms with E-state index in [0.29, 0.717) is 0 Å². The molecule has 1 aliphatic rings. The van der Waals surface area contributed by atoms with Crippen molar-refractivity contribution in [3.05, 3.63) is 59.2 Å². The molecule has 0 bridgehead atoms. The van der Waals surface area contributed by atoms with Gasteiger partial charge in [0.1, 0.15) is 0 Å². The monoisotopic (exact) mass is 326 g/mol. The fourth-order valence-corrected chi connectivity index (χ4v) is 3.21. The molecule has 0 amide bonds. The van der Waals surface area contributed by atoms with Crippen LogP contribution in [-0.2, 0) is 19.5 Å².